The zero-order valence-electron chi connectivity index (χ0n) is 19.0. The SMILES string of the molecule is O=C(Nc1cccc(CN2CCC(O)CC2)c1)c1cn(C2CCNCC2)nn1.O=C(O)C(F)(F)F. The minimum Gasteiger partial charge on any atom is -0.475 e. The molecule has 35 heavy (non-hydrogen) atoms. The number of nitrogens with zero attached hydrogens (tertiary/aromatic N) is 4. The van der Waals surface area contributed by atoms with Crippen molar-refractivity contribution in [1.29, 1.82) is 0 Å². The molecule has 0 radical (unpaired) electrons. The number of aliphatic hydroxyl groups is 1. The molecule has 192 valence electrons. The summed E-state index contributed by atoms with van der Waals surface area (Å²) < 4.78 is 33.6. The molecular formula is C22H29F3N6O4. The first-order chi connectivity index (χ1) is 16.6. The van der Waals surface area contributed by atoms with Crippen LogP contribution in [-0.2, 0) is 11.3 Å². The van der Waals surface area contributed by atoms with Gasteiger partial charge in [-0.05, 0) is 56.5 Å². The Morgan fingerprint density at radius 3 is 2.43 bits per heavy atom. The lowest BCUT2D eigenvalue weighted by Crippen LogP contribution is -2.35. The highest BCUT2D eigenvalue weighted by Crippen LogP contribution is 2.19. The predicted octanol–water partition coefficient (Wildman–Crippen LogP) is 2.04. The number of carbonyl (C=O) groups is 2. The number of aliphatic hydroxyl groups excluding tert-OH is 1. The first-order valence-corrected chi connectivity index (χ1v) is 11.3. The molecule has 0 unspecified atom stereocenters. The standard InChI is InChI=1S/C20H28N6O2.C2HF3O2/c27-18-6-10-25(11-7-18)13-15-2-1-3-16(12-15)22-20(28)19-14-26(24-23-19)17-4-8-21-9-5-17;3-2(4,5)1(6)7/h1-3,12,14,17-18,21,27H,4-11,13H2,(H,22,28);(H,6,7). The van der Waals surface area contributed by atoms with E-state index in [2.05, 4.69) is 31.9 Å². The molecule has 13 heteroatoms. The molecule has 2 saturated heterocycles. The number of benzene rings is 1. The lowest BCUT2D eigenvalue weighted by atomic mass is 10.1. The van der Waals surface area contributed by atoms with Gasteiger partial charge in [0.05, 0.1) is 18.3 Å². The van der Waals surface area contributed by atoms with Crippen molar-refractivity contribution < 1.29 is 33.0 Å². The average Bonchev–Trinajstić information content (AvgIpc) is 3.32. The normalized spacial score (nSPS) is 17.9. The molecule has 2 aromatic rings. The van der Waals surface area contributed by atoms with Gasteiger partial charge in [0.2, 0.25) is 0 Å². The van der Waals surface area contributed by atoms with Gasteiger partial charge in [0.1, 0.15) is 0 Å². The van der Waals surface area contributed by atoms with E-state index in [9.17, 15) is 23.1 Å². The summed E-state index contributed by atoms with van der Waals surface area (Å²) in [6, 6.07) is 8.21. The van der Waals surface area contributed by atoms with Gasteiger partial charge in [0, 0.05) is 25.3 Å². The number of aromatic nitrogens is 3. The van der Waals surface area contributed by atoms with E-state index in [4.69, 9.17) is 9.90 Å². The molecule has 0 saturated carbocycles. The second-order valence-electron chi connectivity index (χ2n) is 8.53. The van der Waals surface area contributed by atoms with Crippen molar-refractivity contribution in [3.8, 4) is 0 Å². The van der Waals surface area contributed by atoms with Crippen molar-refractivity contribution in [1.82, 2.24) is 25.2 Å². The summed E-state index contributed by atoms with van der Waals surface area (Å²) in [4.78, 5) is 23.8. The van der Waals surface area contributed by atoms with Crippen LogP contribution in [0.1, 0.15) is 47.8 Å². The molecule has 2 fully saturated rings. The van der Waals surface area contributed by atoms with Crippen LogP contribution in [0.15, 0.2) is 30.5 Å². The third-order valence-corrected chi connectivity index (χ3v) is 5.82. The Balaban J connectivity index is 0.000000429. The van der Waals surface area contributed by atoms with Crippen LogP contribution in [0.3, 0.4) is 0 Å². The molecule has 0 spiro atoms. The molecule has 10 nitrogen and oxygen atoms in total. The molecule has 3 heterocycles. The summed E-state index contributed by atoms with van der Waals surface area (Å²) in [6.07, 6.45) is 0.140. The predicted molar refractivity (Wildman–Crippen MR) is 120 cm³/mol. The van der Waals surface area contributed by atoms with Crippen molar-refractivity contribution in [2.24, 2.45) is 0 Å². The Morgan fingerprint density at radius 1 is 1.14 bits per heavy atom. The number of carboxylic acid groups (broad SMARTS) is 1. The molecule has 0 atom stereocenters. The van der Waals surface area contributed by atoms with Crippen molar-refractivity contribution in [2.45, 2.75) is 50.6 Å². The number of halogens is 3. The third kappa shape index (κ3) is 8.30. The minimum absolute atomic E-state index is 0.167. The summed E-state index contributed by atoms with van der Waals surface area (Å²) in [7, 11) is 0. The molecule has 1 amide bonds. The average molecular weight is 499 g/mol. The van der Waals surface area contributed by atoms with Gasteiger partial charge in [0.25, 0.3) is 5.91 Å². The van der Waals surface area contributed by atoms with Crippen LogP contribution in [-0.4, -0.2) is 80.4 Å². The molecule has 0 aliphatic carbocycles. The van der Waals surface area contributed by atoms with E-state index in [1.54, 1.807) is 6.20 Å². The van der Waals surface area contributed by atoms with Crippen LogP contribution in [0.5, 0.6) is 0 Å². The molecular weight excluding hydrogens is 469 g/mol. The largest absolute Gasteiger partial charge is 0.490 e. The van der Waals surface area contributed by atoms with Gasteiger partial charge >= 0.3 is 12.1 Å². The van der Waals surface area contributed by atoms with Crippen LogP contribution in [0, 0.1) is 0 Å². The fourth-order valence-electron chi connectivity index (χ4n) is 3.91. The second-order valence-corrected chi connectivity index (χ2v) is 8.53. The Bertz CT molecular complexity index is 986. The Kier molecular flexibility index (Phi) is 9.18. The molecule has 2 aliphatic heterocycles. The Hall–Kier alpha value is -3.03. The maximum Gasteiger partial charge on any atom is 0.490 e. The van der Waals surface area contributed by atoms with Crippen LogP contribution in [0.4, 0.5) is 18.9 Å². The maximum atomic E-state index is 12.6. The third-order valence-electron chi connectivity index (χ3n) is 5.82. The van der Waals surface area contributed by atoms with Crippen LogP contribution in [0.25, 0.3) is 0 Å². The van der Waals surface area contributed by atoms with Crippen LogP contribution < -0.4 is 10.6 Å². The van der Waals surface area contributed by atoms with Crippen molar-refractivity contribution in [2.75, 3.05) is 31.5 Å². The number of likely N-dealkylation sites (tertiary alicyclic amines) is 1. The van der Waals surface area contributed by atoms with E-state index in [0.717, 1.165) is 69.7 Å². The van der Waals surface area contributed by atoms with E-state index in [0.29, 0.717) is 11.7 Å². The van der Waals surface area contributed by atoms with Gasteiger partial charge in [-0.15, -0.1) is 5.10 Å². The number of rotatable bonds is 5. The fraction of sp³-hybridized carbons (Fsp3) is 0.545. The van der Waals surface area contributed by atoms with E-state index in [1.165, 1.54) is 0 Å². The van der Waals surface area contributed by atoms with Gasteiger partial charge in [0.15, 0.2) is 5.69 Å². The number of anilines is 1. The number of aliphatic carboxylic acids is 1. The molecule has 1 aromatic heterocycles. The monoisotopic (exact) mass is 498 g/mol. The van der Waals surface area contributed by atoms with E-state index >= 15 is 0 Å². The maximum absolute atomic E-state index is 12.6. The highest BCUT2D eigenvalue weighted by atomic mass is 19.4. The van der Waals surface area contributed by atoms with Crippen molar-refractivity contribution in [3.05, 3.63) is 41.7 Å². The second kappa shape index (κ2) is 12.1. The van der Waals surface area contributed by atoms with Crippen LogP contribution >= 0.6 is 0 Å². The van der Waals surface area contributed by atoms with Gasteiger partial charge in [-0.1, -0.05) is 17.3 Å². The number of nitrogens with one attached hydrogen (secondary N) is 2. The molecule has 0 bridgehead atoms. The molecule has 1 aromatic carbocycles. The number of piperidine rings is 2. The van der Waals surface area contributed by atoms with Crippen molar-refractivity contribution >= 4 is 17.6 Å². The fourth-order valence-corrected chi connectivity index (χ4v) is 3.91. The quantitative estimate of drug-likeness (QED) is 0.493. The minimum atomic E-state index is -5.08. The first kappa shape index (κ1) is 26.6. The lowest BCUT2D eigenvalue weighted by molar-refractivity contribution is -0.192. The molecule has 2 aliphatic rings. The number of hydrogen-bond donors (Lipinski definition) is 4. The van der Waals surface area contributed by atoms with E-state index in [-0.39, 0.29) is 12.0 Å². The van der Waals surface area contributed by atoms with Gasteiger partial charge < -0.3 is 20.8 Å². The number of hydrogen-bond acceptors (Lipinski definition) is 7. The zero-order chi connectivity index (χ0) is 25.4. The summed E-state index contributed by atoms with van der Waals surface area (Å²) in [5.74, 6) is -2.99. The molecule has 4 N–H and O–H groups in total. The highest BCUT2D eigenvalue weighted by molar-refractivity contribution is 6.02. The Morgan fingerprint density at radius 2 is 1.80 bits per heavy atom. The summed E-state index contributed by atoms with van der Waals surface area (Å²) in [5.41, 5.74) is 2.25. The summed E-state index contributed by atoms with van der Waals surface area (Å²) in [6.45, 7) is 4.56. The summed E-state index contributed by atoms with van der Waals surface area (Å²) >= 11 is 0. The number of alkyl halides is 3. The highest BCUT2D eigenvalue weighted by Gasteiger charge is 2.38. The molecule has 4 rings (SSSR count). The van der Waals surface area contributed by atoms with Gasteiger partial charge in [-0.25, -0.2) is 9.48 Å². The van der Waals surface area contributed by atoms with E-state index in [1.807, 2.05) is 22.9 Å². The smallest absolute Gasteiger partial charge is 0.475 e. The Labute approximate surface area is 200 Å². The lowest BCUT2D eigenvalue weighted by Gasteiger charge is -2.29. The van der Waals surface area contributed by atoms with Gasteiger partial charge in [-0.3, -0.25) is 9.69 Å². The van der Waals surface area contributed by atoms with Crippen molar-refractivity contribution in [3.63, 3.8) is 0 Å². The summed E-state index contributed by atoms with van der Waals surface area (Å²) in [5, 5.41) is 31.2. The number of carboxylic acids is 1. The van der Waals surface area contributed by atoms with Crippen LogP contribution in [0.2, 0.25) is 0 Å². The van der Waals surface area contributed by atoms with E-state index < -0.39 is 12.1 Å². The number of carbonyl (C=O) groups excluding carboxylic acids is 1. The number of amides is 1. The van der Waals surface area contributed by atoms with Gasteiger partial charge in [-0.2, -0.15) is 13.2 Å². The topological polar surface area (TPSA) is 133 Å². The zero-order valence-corrected chi connectivity index (χ0v) is 19.0. The first-order valence-electron chi connectivity index (χ1n) is 11.3.